The number of amides is 1. The molecule has 0 atom stereocenters. The van der Waals surface area contributed by atoms with Crippen molar-refractivity contribution in [3.05, 3.63) is 41.8 Å². The maximum absolute atomic E-state index is 13.0. The number of hydrogen-bond acceptors (Lipinski definition) is 3. The highest BCUT2D eigenvalue weighted by Crippen LogP contribution is 2.18. The van der Waals surface area contributed by atoms with Crippen LogP contribution in [-0.2, 0) is 6.42 Å². The maximum atomic E-state index is 13.0. The van der Waals surface area contributed by atoms with E-state index in [1.54, 1.807) is 22.9 Å². The van der Waals surface area contributed by atoms with Crippen LogP contribution in [0, 0.1) is 5.82 Å². The van der Waals surface area contributed by atoms with Gasteiger partial charge in [0.1, 0.15) is 11.6 Å². The van der Waals surface area contributed by atoms with Crippen molar-refractivity contribution in [1.29, 1.82) is 0 Å². The predicted octanol–water partition coefficient (Wildman–Crippen LogP) is 2.95. The minimum Gasteiger partial charge on any atom is -0.464 e. The summed E-state index contributed by atoms with van der Waals surface area (Å²) >= 11 is 0. The number of carbonyl (C=O) groups is 1. The Hall–Kier alpha value is -2.57. The lowest BCUT2D eigenvalue weighted by Crippen LogP contribution is -2.28. The third-order valence-electron chi connectivity index (χ3n) is 2.92. The third-order valence-corrected chi connectivity index (χ3v) is 2.92. The number of anilines is 1. The monoisotopic (exact) mass is 292 g/mol. The average molecular weight is 292 g/mol. The van der Waals surface area contributed by atoms with Gasteiger partial charge in [0.25, 0.3) is 0 Å². The minimum absolute atomic E-state index is 0.338. The summed E-state index contributed by atoms with van der Waals surface area (Å²) in [6, 6.07) is 7.60. The van der Waals surface area contributed by atoms with Crippen molar-refractivity contribution in [1.82, 2.24) is 15.2 Å². The molecule has 0 saturated heterocycles. The van der Waals surface area contributed by atoms with Gasteiger partial charge in [-0.3, -0.25) is 5.43 Å². The molecule has 21 heavy (non-hydrogen) atoms. The lowest BCUT2D eigenvalue weighted by atomic mass is 10.2. The van der Waals surface area contributed by atoms with Crippen LogP contribution >= 0.6 is 0 Å². The van der Waals surface area contributed by atoms with Crippen LogP contribution < -0.4 is 10.9 Å². The van der Waals surface area contributed by atoms with Crippen LogP contribution in [-0.4, -0.2) is 21.0 Å². The molecule has 0 aliphatic carbocycles. The first-order valence-corrected chi connectivity index (χ1v) is 6.70. The molecule has 0 bridgehead atoms. The number of hydrazine groups is 1. The topological polar surface area (TPSA) is 79.2 Å². The Morgan fingerprint density at radius 2 is 2.10 bits per heavy atom. The van der Waals surface area contributed by atoms with E-state index in [0.717, 1.165) is 25.0 Å². The van der Waals surface area contributed by atoms with E-state index in [1.165, 1.54) is 12.1 Å². The molecule has 112 valence electrons. The van der Waals surface area contributed by atoms with E-state index >= 15 is 0 Å². The first kappa shape index (κ1) is 14.8. The van der Waals surface area contributed by atoms with Crippen LogP contribution in [0.2, 0.25) is 0 Å². The molecular weight excluding hydrogens is 275 g/mol. The Kier molecular flexibility index (Phi) is 4.76. The normalized spacial score (nSPS) is 10.4. The summed E-state index contributed by atoms with van der Waals surface area (Å²) in [6.45, 7) is 2.09. The van der Waals surface area contributed by atoms with Gasteiger partial charge in [-0.2, -0.15) is 5.10 Å². The van der Waals surface area contributed by atoms with Crippen molar-refractivity contribution in [2.75, 3.05) is 5.43 Å². The number of hydrogen-bond donors (Lipinski definition) is 3. The van der Waals surface area contributed by atoms with Crippen LogP contribution in [0.5, 0.6) is 0 Å². The Morgan fingerprint density at radius 3 is 2.71 bits per heavy atom. The van der Waals surface area contributed by atoms with Crippen LogP contribution in [0.3, 0.4) is 0 Å². The number of unbranched alkanes of at least 4 members (excludes halogenated alkanes) is 1. The highest BCUT2D eigenvalue weighted by Gasteiger charge is 2.10. The molecule has 0 radical (unpaired) electrons. The van der Waals surface area contributed by atoms with Crippen LogP contribution in [0.15, 0.2) is 30.3 Å². The zero-order valence-corrected chi connectivity index (χ0v) is 11.6. The van der Waals surface area contributed by atoms with Crippen LogP contribution in [0.1, 0.15) is 25.5 Å². The molecule has 0 unspecified atom stereocenters. The Balaban J connectivity index is 2.29. The Bertz CT molecular complexity index is 610. The molecule has 1 amide bonds. The molecule has 7 heteroatoms. The molecule has 1 aromatic carbocycles. The van der Waals surface area contributed by atoms with Gasteiger partial charge in [0, 0.05) is 6.07 Å². The highest BCUT2D eigenvalue weighted by atomic mass is 19.1. The molecule has 0 aliphatic rings. The lowest BCUT2D eigenvalue weighted by molar-refractivity contribution is 0.197. The van der Waals surface area contributed by atoms with Gasteiger partial charge in [-0.1, -0.05) is 13.3 Å². The minimum atomic E-state index is -1.20. The third kappa shape index (κ3) is 3.95. The van der Waals surface area contributed by atoms with Crippen LogP contribution in [0.4, 0.5) is 15.0 Å². The largest absolute Gasteiger partial charge is 0.464 e. The predicted molar refractivity (Wildman–Crippen MR) is 76.9 cm³/mol. The quantitative estimate of drug-likeness (QED) is 0.715. The molecule has 3 N–H and O–H groups in total. The number of nitrogens with one attached hydrogen (secondary N) is 2. The molecule has 0 fully saturated rings. The number of nitrogens with zero attached hydrogens (tertiary/aromatic N) is 2. The maximum Gasteiger partial charge on any atom is 0.423 e. The summed E-state index contributed by atoms with van der Waals surface area (Å²) in [5.74, 6) is 0.144. The van der Waals surface area contributed by atoms with Gasteiger partial charge < -0.3 is 5.11 Å². The van der Waals surface area contributed by atoms with Crippen LogP contribution in [0.25, 0.3) is 5.69 Å². The number of benzene rings is 1. The zero-order valence-electron chi connectivity index (χ0n) is 11.6. The van der Waals surface area contributed by atoms with E-state index in [-0.39, 0.29) is 5.82 Å². The molecular formula is C14H17FN4O2. The van der Waals surface area contributed by atoms with Gasteiger partial charge >= 0.3 is 6.09 Å². The van der Waals surface area contributed by atoms with Crippen molar-refractivity contribution in [2.24, 2.45) is 0 Å². The fourth-order valence-electron chi connectivity index (χ4n) is 1.90. The summed E-state index contributed by atoms with van der Waals surface area (Å²) in [5.41, 5.74) is 6.15. The summed E-state index contributed by atoms with van der Waals surface area (Å²) in [7, 11) is 0. The fraction of sp³-hybridized carbons (Fsp3) is 0.286. The molecule has 6 nitrogen and oxygen atoms in total. The van der Waals surface area contributed by atoms with Gasteiger partial charge in [-0.05, 0) is 37.1 Å². The molecule has 0 saturated carbocycles. The summed E-state index contributed by atoms with van der Waals surface area (Å²) in [4.78, 5) is 10.6. The van der Waals surface area contributed by atoms with Crippen molar-refractivity contribution in [3.8, 4) is 5.69 Å². The second-order valence-electron chi connectivity index (χ2n) is 4.57. The number of aryl methyl sites for hydroxylation is 1. The Labute approximate surface area is 121 Å². The molecule has 0 spiro atoms. The molecule has 0 aliphatic heterocycles. The molecule has 2 rings (SSSR count). The summed E-state index contributed by atoms with van der Waals surface area (Å²) in [5, 5.41) is 13.1. The molecule has 1 heterocycles. The second kappa shape index (κ2) is 6.74. The number of aromatic nitrogens is 2. The van der Waals surface area contributed by atoms with Gasteiger partial charge in [0.05, 0.1) is 11.4 Å². The molecule has 1 aromatic heterocycles. The first-order valence-electron chi connectivity index (χ1n) is 6.70. The van der Waals surface area contributed by atoms with Gasteiger partial charge in [0.2, 0.25) is 0 Å². The number of rotatable bonds is 6. The van der Waals surface area contributed by atoms with Gasteiger partial charge in [-0.25, -0.2) is 19.3 Å². The van der Waals surface area contributed by atoms with E-state index < -0.39 is 6.09 Å². The van der Waals surface area contributed by atoms with E-state index in [0.29, 0.717) is 11.5 Å². The van der Waals surface area contributed by atoms with E-state index in [4.69, 9.17) is 5.11 Å². The van der Waals surface area contributed by atoms with E-state index in [2.05, 4.69) is 22.9 Å². The summed E-state index contributed by atoms with van der Waals surface area (Å²) < 4.78 is 14.5. The fourth-order valence-corrected chi connectivity index (χ4v) is 1.90. The van der Waals surface area contributed by atoms with Gasteiger partial charge in [0.15, 0.2) is 0 Å². The average Bonchev–Trinajstić information content (AvgIpc) is 2.87. The SMILES string of the molecule is CCCCc1cc(NNC(=O)O)n(-c2ccc(F)cc2)n1. The molecule has 2 aromatic rings. The van der Waals surface area contributed by atoms with Crippen molar-refractivity contribution < 1.29 is 14.3 Å². The second-order valence-corrected chi connectivity index (χ2v) is 4.57. The lowest BCUT2D eigenvalue weighted by Gasteiger charge is -2.08. The standard InChI is InChI=1S/C14H17FN4O2/c1-2-3-4-11-9-13(16-17-14(20)21)19(18-11)12-7-5-10(15)6-8-12/h5-9,16-17H,2-4H2,1H3,(H,20,21). The van der Waals surface area contributed by atoms with E-state index in [9.17, 15) is 9.18 Å². The van der Waals surface area contributed by atoms with Crippen molar-refractivity contribution in [2.45, 2.75) is 26.2 Å². The number of halogens is 1. The first-order chi connectivity index (χ1) is 10.1. The van der Waals surface area contributed by atoms with Crippen molar-refractivity contribution >= 4 is 11.9 Å². The summed E-state index contributed by atoms with van der Waals surface area (Å²) in [6.07, 6.45) is 1.63. The Morgan fingerprint density at radius 1 is 1.38 bits per heavy atom. The zero-order chi connectivity index (χ0) is 15.2. The van der Waals surface area contributed by atoms with Gasteiger partial charge in [-0.15, -0.1) is 0 Å². The van der Waals surface area contributed by atoms with E-state index in [1.807, 2.05) is 0 Å². The highest BCUT2D eigenvalue weighted by molar-refractivity contribution is 5.66. The number of carboxylic acid groups (broad SMARTS) is 1. The van der Waals surface area contributed by atoms with Crippen molar-refractivity contribution in [3.63, 3.8) is 0 Å². The smallest absolute Gasteiger partial charge is 0.423 e.